The van der Waals surface area contributed by atoms with E-state index in [2.05, 4.69) is 14.9 Å². The summed E-state index contributed by atoms with van der Waals surface area (Å²) in [4.78, 5) is 0.124. The molecule has 0 radical (unpaired) electrons. The van der Waals surface area contributed by atoms with E-state index in [1.807, 2.05) is 6.07 Å². The topological polar surface area (TPSA) is 81.8 Å². The van der Waals surface area contributed by atoms with Crippen molar-refractivity contribution in [1.82, 2.24) is 19.6 Å². The SMILES string of the molecule is Cn1cc(S(=O)(=O)Nc2cccc3cnn(C)c23)cn1. The molecule has 20 heavy (non-hydrogen) atoms. The molecule has 0 aliphatic rings. The maximum Gasteiger partial charge on any atom is 0.265 e. The van der Waals surface area contributed by atoms with E-state index in [-0.39, 0.29) is 4.90 Å². The van der Waals surface area contributed by atoms with Crippen LogP contribution in [0.5, 0.6) is 0 Å². The van der Waals surface area contributed by atoms with E-state index < -0.39 is 10.0 Å². The number of aromatic nitrogens is 4. The molecule has 8 heteroatoms. The first kappa shape index (κ1) is 12.7. The molecule has 0 amide bonds. The number of hydrogen-bond acceptors (Lipinski definition) is 4. The normalized spacial score (nSPS) is 11.9. The van der Waals surface area contributed by atoms with Crippen LogP contribution in [-0.4, -0.2) is 28.0 Å². The third kappa shape index (κ3) is 2.03. The van der Waals surface area contributed by atoms with Crippen LogP contribution in [0.25, 0.3) is 10.9 Å². The van der Waals surface area contributed by atoms with Crippen molar-refractivity contribution in [2.45, 2.75) is 4.90 Å². The van der Waals surface area contributed by atoms with E-state index in [1.165, 1.54) is 17.1 Å². The van der Waals surface area contributed by atoms with Crippen molar-refractivity contribution in [3.8, 4) is 0 Å². The number of nitrogens with zero attached hydrogens (tertiary/aromatic N) is 4. The first-order chi connectivity index (χ1) is 9.47. The Morgan fingerprint density at radius 3 is 2.65 bits per heavy atom. The standard InChI is InChI=1S/C12H13N5O2S/c1-16-8-10(7-13-16)20(18,19)15-11-5-3-4-9-6-14-17(2)12(9)11/h3-8,15H,1-2H3. The van der Waals surface area contributed by atoms with Crippen molar-refractivity contribution in [3.63, 3.8) is 0 Å². The van der Waals surface area contributed by atoms with Gasteiger partial charge in [-0.05, 0) is 6.07 Å². The van der Waals surface area contributed by atoms with E-state index >= 15 is 0 Å². The van der Waals surface area contributed by atoms with Gasteiger partial charge in [0.15, 0.2) is 0 Å². The number of nitrogens with one attached hydrogen (secondary N) is 1. The van der Waals surface area contributed by atoms with Crippen molar-refractivity contribution in [2.75, 3.05) is 4.72 Å². The zero-order valence-corrected chi connectivity index (χ0v) is 11.8. The fraction of sp³-hybridized carbons (Fsp3) is 0.167. The molecule has 1 aromatic carbocycles. The molecule has 0 bridgehead atoms. The van der Waals surface area contributed by atoms with Crippen LogP contribution in [0.1, 0.15) is 0 Å². The summed E-state index contributed by atoms with van der Waals surface area (Å²) in [6.45, 7) is 0. The fourth-order valence-electron chi connectivity index (χ4n) is 2.06. The molecule has 7 nitrogen and oxygen atoms in total. The molecule has 0 saturated heterocycles. The second-order valence-electron chi connectivity index (χ2n) is 4.47. The van der Waals surface area contributed by atoms with E-state index in [4.69, 9.17) is 0 Å². The van der Waals surface area contributed by atoms with Gasteiger partial charge >= 0.3 is 0 Å². The molecular weight excluding hydrogens is 278 g/mol. The van der Waals surface area contributed by atoms with E-state index in [1.54, 1.807) is 37.1 Å². The third-order valence-corrected chi connectivity index (χ3v) is 4.32. The van der Waals surface area contributed by atoms with Crippen LogP contribution in [0.15, 0.2) is 41.7 Å². The molecule has 0 saturated carbocycles. The fourth-order valence-corrected chi connectivity index (χ4v) is 3.11. The van der Waals surface area contributed by atoms with Gasteiger partial charge in [0.05, 0.1) is 23.6 Å². The molecule has 3 rings (SSSR count). The largest absolute Gasteiger partial charge is 0.277 e. The predicted octanol–water partition coefficient (Wildman–Crippen LogP) is 1.11. The number of para-hydroxylation sites is 1. The average molecular weight is 291 g/mol. The van der Waals surface area contributed by atoms with Gasteiger partial charge in [0.2, 0.25) is 0 Å². The highest BCUT2D eigenvalue weighted by Crippen LogP contribution is 2.24. The zero-order chi connectivity index (χ0) is 14.3. The number of sulfonamides is 1. The van der Waals surface area contributed by atoms with Gasteiger partial charge in [-0.1, -0.05) is 12.1 Å². The molecule has 1 N–H and O–H groups in total. The van der Waals surface area contributed by atoms with Crippen LogP contribution in [0, 0.1) is 0 Å². The Hall–Kier alpha value is -2.35. The van der Waals surface area contributed by atoms with Crippen LogP contribution in [0.3, 0.4) is 0 Å². The second-order valence-corrected chi connectivity index (χ2v) is 6.15. The van der Waals surface area contributed by atoms with E-state index in [9.17, 15) is 8.42 Å². The van der Waals surface area contributed by atoms with Gasteiger partial charge in [0, 0.05) is 25.7 Å². The Morgan fingerprint density at radius 2 is 1.95 bits per heavy atom. The minimum absolute atomic E-state index is 0.124. The summed E-state index contributed by atoms with van der Waals surface area (Å²) >= 11 is 0. The zero-order valence-electron chi connectivity index (χ0n) is 11.0. The van der Waals surface area contributed by atoms with Crippen molar-refractivity contribution < 1.29 is 8.42 Å². The summed E-state index contributed by atoms with van der Waals surface area (Å²) < 4.78 is 30.3. The highest BCUT2D eigenvalue weighted by atomic mass is 32.2. The molecule has 104 valence electrons. The number of fused-ring (bicyclic) bond motifs is 1. The van der Waals surface area contributed by atoms with Crippen LogP contribution >= 0.6 is 0 Å². The van der Waals surface area contributed by atoms with Gasteiger partial charge < -0.3 is 0 Å². The van der Waals surface area contributed by atoms with Crippen molar-refractivity contribution >= 4 is 26.6 Å². The van der Waals surface area contributed by atoms with Gasteiger partial charge in [-0.15, -0.1) is 0 Å². The molecule has 0 unspecified atom stereocenters. The number of anilines is 1. The number of hydrogen-bond donors (Lipinski definition) is 1. The number of rotatable bonds is 3. The first-order valence-corrected chi connectivity index (χ1v) is 7.38. The summed E-state index contributed by atoms with van der Waals surface area (Å²) in [5.74, 6) is 0. The lowest BCUT2D eigenvalue weighted by Crippen LogP contribution is -2.13. The molecule has 0 aliphatic carbocycles. The van der Waals surface area contributed by atoms with Gasteiger partial charge in [-0.25, -0.2) is 8.42 Å². The lowest BCUT2D eigenvalue weighted by molar-refractivity contribution is 0.601. The van der Waals surface area contributed by atoms with Crippen LogP contribution < -0.4 is 4.72 Å². The third-order valence-electron chi connectivity index (χ3n) is 3.00. The highest BCUT2D eigenvalue weighted by molar-refractivity contribution is 7.92. The van der Waals surface area contributed by atoms with Crippen LogP contribution in [0.2, 0.25) is 0 Å². The predicted molar refractivity (Wildman–Crippen MR) is 74.7 cm³/mol. The number of benzene rings is 1. The number of aryl methyl sites for hydroxylation is 2. The molecule has 2 aromatic heterocycles. The van der Waals surface area contributed by atoms with Crippen molar-refractivity contribution in [2.24, 2.45) is 14.1 Å². The first-order valence-electron chi connectivity index (χ1n) is 5.89. The van der Waals surface area contributed by atoms with Gasteiger partial charge in [-0.2, -0.15) is 10.2 Å². The Bertz CT molecular complexity index is 878. The quantitative estimate of drug-likeness (QED) is 0.783. The molecule has 0 spiro atoms. The van der Waals surface area contributed by atoms with Gasteiger partial charge in [-0.3, -0.25) is 14.1 Å². The van der Waals surface area contributed by atoms with E-state index in [0.29, 0.717) is 5.69 Å². The summed E-state index contributed by atoms with van der Waals surface area (Å²) in [6.07, 6.45) is 4.45. The minimum Gasteiger partial charge on any atom is -0.277 e. The summed E-state index contributed by atoms with van der Waals surface area (Å²) in [5.41, 5.74) is 1.23. The van der Waals surface area contributed by atoms with Crippen LogP contribution in [0.4, 0.5) is 5.69 Å². The molecular formula is C12H13N5O2S. The second kappa shape index (κ2) is 4.34. The van der Waals surface area contributed by atoms with E-state index in [0.717, 1.165) is 10.9 Å². The molecule has 2 heterocycles. The highest BCUT2D eigenvalue weighted by Gasteiger charge is 2.18. The Labute approximate surface area is 115 Å². The Morgan fingerprint density at radius 1 is 1.15 bits per heavy atom. The lowest BCUT2D eigenvalue weighted by Gasteiger charge is -2.08. The Balaban J connectivity index is 2.07. The summed E-state index contributed by atoms with van der Waals surface area (Å²) in [6, 6.07) is 5.37. The molecule has 0 fully saturated rings. The summed E-state index contributed by atoms with van der Waals surface area (Å²) in [7, 11) is -0.217. The lowest BCUT2D eigenvalue weighted by atomic mass is 10.2. The monoisotopic (exact) mass is 291 g/mol. The van der Waals surface area contributed by atoms with Crippen molar-refractivity contribution in [3.05, 3.63) is 36.8 Å². The maximum atomic E-state index is 12.3. The smallest absolute Gasteiger partial charge is 0.265 e. The van der Waals surface area contributed by atoms with Crippen molar-refractivity contribution in [1.29, 1.82) is 0 Å². The van der Waals surface area contributed by atoms with Gasteiger partial charge in [0.25, 0.3) is 10.0 Å². The maximum absolute atomic E-state index is 12.3. The van der Waals surface area contributed by atoms with Gasteiger partial charge in [0.1, 0.15) is 4.90 Å². The molecule has 0 atom stereocenters. The molecule has 3 aromatic rings. The molecule has 0 aliphatic heterocycles. The van der Waals surface area contributed by atoms with Crippen LogP contribution in [-0.2, 0) is 24.1 Å². The minimum atomic E-state index is -3.65. The Kier molecular flexibility index (Phi) is 2.75. The summed E-state index contributed by atoms with van der Waals surface area (Å²) in [5, 5.41) is 8.88. The average Bonchev–Trinajstić information content (AvgIpc) is 2.97.